The fourth-order valence-electron chi connectivity index (χ4n) is 2.22. The van der Waals surface area contributed by atoms with Crippen LogP contribution in [0.4, 0.5) is 8.78 Å². The lowest BCUT2D eigenvalue weighted by molar-refractivity contribution is 0.183. The molecule has 0 unspecified atom stereocenters. The minimum absolute atomic E-state index is 0.103. The highest BCUT2D eigenvalue weighted by Gasteiger charge is 2.20. The largest absolute Gasteiger partial charge is 0.295 e. The van der Waals surface area contributed by atoms with Gasteiger partial charge in [-0.25, -0.2) is 8.78 Å². The highest BCUT2D eigenvalue weighted by atomic mass is 79.9. The molecule has 19 heavy (non-hydrogen) atoms. The summed E-state index contributed by atoms with van der Waals surface area (Å²) in [5.41, 5.74) is 0.103. The third-order valence-corrected chi connectivity index (χ3v) is 4.11. The van der Waals surface area contributed by atoms with E-state index in [9.17, 15) is 8.78 Å². The summed E-state index contributed by atoms with van der Waals surface area (Å²) < 4.78 is 28.1. The molecule has 0 N–H and O–H groups in total. The number of rotatable bonds is 7. The minimum atomic E-state index is -0.523. The topological polar surface area (TPSA) is 3.24 Å². The molecule has 1 aromatic carbocycles. The third kappa shape index (κ3) is 4.40. The lowest BCUT2D eigenvalue weighted by Gasteiger charge is -2.30. The van der Waals surface area contributed by atoms with E-state index in [0.29, 0.717) is 16.9 Å². The maximum absolute atomic E-state index is 14.0. The van der Waals surface area contributed by atoms with Crippen LogP contribution in [0.15, 0.2) is 16.6 Å². The van der Waals surface area contributed by atoms with Gasteiger partial charge in [0.15, 0.2) is 0 Å². The van der Waals surface area contributed by atoms with Crippen molar-refractivity contribution in [2.45, 2.75) is 39.3 Å². The first-order chi connectivity index (χ1) is 9.04. The van der Waals surface area contributed by atoms with Gasteiger partial charge in [-0.3, -0.25) is 4.90 Å². The summed E-state index contributed by atoms with van der Waals surface area (Å²) in [4.78, 5) is 2.04. The monoisotopic (exact) mass is 353 g/mol. The van der Waals surface area contributed by atoms with E-state index in [1.165, 1.54) is 12.1 Å². The van der Waals surface area contributed by atoms with Gasteiger partial charge < -0.3 is 0 Å². The van der Waals surface area contributed by atoms with E-state index in [0.717, 1.165) is 12.8 Å². The van der Waals surface area contributed by atoms with Gasteiger partial charge in [-0.05, 0) is 40.9 Å². The Morgan fingerprint density at radius 1 is 1.26 bits per heavy atom. The van der Waals surface area contributed by atoms with Crippen molar-refractivity contribution in [3.63, 3.8) is 0 Å². The number of hydrogen-bond donors (Lipinski definition) is 0. The molecule has 0 aliphatic rings. The fourth-order valence-corrected chi connectivity index (χ4v) is 2.81. The summed E-state index contributed by atoms with van der Waals surface area (Å²) in [6, 6.07) is 2.96. The molecular weight excluding hydrogens is 336 g/mol. The molecule has 0 saturated heterocycles. The highest BCUT2D eigenvalue weighted by Crippen LogP contribution is 2.24. The molecule has 1 nitrogen and oxygen atoms in total. The van der Waals surface area contributed by atoms with Crippen LogP contribution in [0.25, 0.3) is 0 Å². The molecule has 108 valence electrons. The maximum Gasteiger partial charge on any atom is 0.144 e. The van der Waals surface area contributed by atoms with Gasteiger partial charge in [0.25, 0.3) is 0 Å². The molecule has 0 spiro atoms. The average Bonchev–Trinajstić information content (AvgIpc) is 2.40. The second-order valence-corrected chi connectivity index (χ2v) is 5.68. The molecule has 5 heteroatoms. The van der Waals surface area contributed by atoms with Gasteiger partial charge in [-0.1, -0.05) is 13.8 Å². The molecule has 1 aromatic rings. The molecule has 0 aromatic heterocycles. The van der Waals surface area contributed by atoms with Gasteiger partial charge >= 0.3 is 0 Å². The Kier molecular flexibility index (Phi) is 7.26. The van der Waals surface area contributed by atoms with E-state index in [2.05, 4.69) is 29.8 Å². The normalized spacial score (nSPS) is 11.6. The Labute approximate surface area is 127 Å². The summed E-state index contributed by atoms with van der Waals surface area (Å²) in [6.45, 7) is 5.02. The number of nitrogens with zero attached hydrogens (tertiary/aromatic N) is 1. The smallest absolute Gasteiger partial charge is 0.144 e. The Bertz CT molecular complexity index is 411. The first-order valence-electron chi connectivity index (χ1n) is 6.47. The van der Waals surface area contributed by atoms with Crippen LogP contribution in [0.3, 0.4) is 0 Å². The van der Waals surface area contributed by atoms with Crippen molar-refractivity contribution < 1.29 is 8.78 Å². The van der Waals surface area contributed by atoms with Crippen molar-refractivity contribution in [2.24, 2.45) is 0 Å². The predicted molar refractivity (Wildman–Crippen MR) is 79.6 cm³/mol. The standard InChI is InChI=1S/C14H19BrClF2N/c1-3-10(4-2)19(8-7-16)9-11-13(17)6-5-12(15)14(11)18/h5-6,10H,3-4,7-9H2,1-2H3. The van der Waals surface area contributed by atoms with E-state index in [1.807, 2.05) is 4.90 Å². The van der Waals surface area contributed by atoms with Crippen LogP contribution in [0.1, 0.15) is 32.3 Å². The van der Waals surface area contributed by atoms with Gasteiger partial charge in [0.05, 0.1) is 4.47 Å². The van der Waals surface area contributed by atoms with Crippen molar-refractivity contribution >= 4 is 27.5 Å². The van der Waals surface area contributed by atoms with E-state index in [-0.39, 0.29) is 18.2 Å². The summed E-state index contributed by atoms with van der Waals surface area (Å²) in [6.07, 6.45) is 1.87. The van der Waals surface area contributed by atoms with Gasteiger partial charge in [0, 0.05) is 30.6 Å². The van der Waals surface area contributed by atoms with Gasteiger partial charge in [0.1, 0.15) is 11.6 Å². The quantitative estimate of drug-likeness (QED) is 0.494. The van der Waals surface area contributed by atoms with E-state index < -0.39 is 11.6 Å². The molecule has 0 atom stereocenters. The van der Waals surface area contributed by atoms with Crippen LogP contribution in [0.2, 0.25) is 0 Å². The van der Waals surface area contributed by atoms with Crippen LogP contribution in [0.5, 0.6) is 0 Å². The molecule has 0 bridgehead atoms. The maximum atomic E-state index is 14.0. The number of benzene rings is 1. The SMILES string of the molecule is CCC(CC)N(CCCl)Cc1c(F)ccc(Br)c1F. The first kappa shape index (κ1) is 16.9. The van der Waals surface area contributed by atoms with Gasteiger partial charge in [-0.15, -0.1) is 11.6 Å². The van der Waals surface area contributed by atoms with Crippen molar-refractivity contribution in [3.8, 4) is 0 Å². The fraction of sp³-hybridized carbons (Fsp3) is 0.571. The van der Waals surface area contributed by atoms with Crippen molar-refractivity contribution in [1.29, 1.82) is 0 Å². The van der Waals surface area contributed by atoms with Crippen molar-refractivity contribution in [1.82, 2.24) is 4.90 Å². The van der Waals surface area contributed by atoms with Crippen LogP contribution >= 0.6 is 27.5 Å². The zero-order valence-corrected chi connectivity index (χ0v) is 13.6. The predicted octanol–water partition coefficient (Wildman–Crippen LogP) is 4.96. The lowest BCUT2D eigenvalue weighted by Crippen LogP contribution is -2.36. The average molecular weight is 355 g/mol. The first-order valence-corrected chi connectivity index (χ1v) is 7.80. The summed E-state index contributed by atoms with van der Waals surface area (Å²) >= 11 is 8.89. The second kappa shape index (κ2) is 8.18. The van der Waals surface area contributed by atoms with E-state index in [4.69, 9.17) is 11.6 Å². The molecule has 1 rings (SSSR count). The molecule has 0 heterocycles. The molecule has 0 fully saturated rings. The van der Waals surface area contributed by atoms with Gasteiger partial charge in [-0.2, -0.15) is 0 Å². The molecule has 0 aliphatic heterocycles. The molecular formula is C14H19BrClF2N. The van der Waals surface area contributed by atoms with Crippen molar-refractivity contribution in [3.05, 3.63) is 33.8 Å². The Hall–Kier alpha value is -0.190. The summed E-state index contributed by atoms with van der Waals surface area (Å²) in [5.74, 6) is -0.579. The van der Waals surface area contributed by atoms with Crippen LogP contribution < -0.4 is 0 Å². The molecule has 0 saturated carbocycles. The minimum Gasteiger partial charge on any atom is -0.295 e. The highest BCUT2D eigenvalue weighted by molar-refractivity contribution is 9.10. The number of halogens is 4. The third-order valence-electron chi connectivity index (χ3n) is 3.33. The molecule has 0 aliphatic carbocycles. The number of hydrogen-bond acceptors (Lipinski definition) is 1. The second-order valence-electron chi connectivity index (χ2n) is 4.45. The molecule has 0 amide bonds. The number of alkyl halides is 1. The summed E-state index contributed by atoms with van der Waals surface area (Å²) in [5, 5.41) is 0. The zero-order chi connectivity index (χ0) is 14.4. The van der Waals surface area contributed by atoms with Gasteiger partial charge in [0.2, 0.25) is 0 Å². The Morgan fingerprint density at radius 2 is 1.89 bits per heavy atom. The van der Waals surface area contributed by atoms with Crippen LogP contribution in [-0.4, -0.2) is 23.4 Å². The van der Waals surface area contributed by atoms with Crippen LogP contribution in [0, 0.1) is 11.6 Å². The van der Waals surface area contributed by atoms with E-state index in [1.54, 1.807) is 0 Å². The Morgan fingerprint density at radius 3 is 2.42 bits per heavy atom. The Balaban J connectivity index is 2.99. The lowest BCUT2D eigenvalue weighted by atomic mass is 10.1. The molecule has 0 radical (unpaired) electrons. The summed E-state index contributed by atoms with van der Waals surface area (Å²) in [7, 11) is 0. The van der Waals surface area contributed by atoms with E-state index >= 15 is 0 Å². The van der Waals surface area contributed by atoms with Crippen LogP contribution in [-0.2, 0) is 6.54 Å². The van der Waals surface area contributed by atoms with Crippen molar-refractivity contribution in [2.75, 3.05) is 12.4 Å². The zero-order valence-electron chi connectivity index (χ0n) is 11.2.